The molecule has 174 valence electrons. The molecule has 0 unspecified atom stereocenters. The smallest absolute Gasteiger partial charge is 0.0979 e. The number of hydrogen-bond acceptors (Lipinski definition) is 3. The van der Waals surface area contributed by atoms with Gasteiger partial charge in [-0.25, -0.2) is 15.0 Å². The van der Waals surface area contributed by atoms with Crippen LogP contribution in [0.1, 0.15) is 0 Å². The summed E-state index contributed by atoms with van der Waals surface area (Å²) in [6.45, 7) is 0. The average Bonchev–Trinajstić information content (AvgIpc) is 2.97. The van der Waals surface area contributed by atoms with E-state index in [1.807, 2.05) is 48.5 Å². The van der Waals surface area contributed by atoms with Crippen molar-refractivity contribution in [1.29, 1.82) is 0 Å². The fraction of sp³-hybridized carbons (Fsp3) is 0. The van der Waals surface area contributed by atoms with Crippen LogP contribution in [0, 0.1) is 0 Å². The van der Waals surface area contributed by atoms with E-state index in [1.54, 1.807) is 0 Å². The van der Waals surface area contributed by atoms with Crippen molar-refractivity contribution in [2.45, 2.75) is 0 Å². The van der Waals surface area contributed by atoms with Crippen LogP contribution in [0.15, 0.2) is 126 Å². The maximum absolute atomic E-state index is 5.17. The van der Waals surface area contributed by atoms with Crippen LogP contribution in [0.4, 0.5) is 0 Å². The van der Waals surface area contributed by atoms with Crippen molar-refractivity contribution in [3.05, 3.63) is 126 Å². The lowest BCUT2D eigenvalue weighted by Gasteiger charge is -2.13. The zero-order chi connectivity index (χ0) is 24.8. The van der Waals surface area contributed by atoms with Gasteiger partial charge in [0.05, 0.1) is 33.6 Å². The number of pyridine rings is 3. The molecule has 3 aromatic heterocycles. The van der Waals surface area contributed by atoms with Gasteiger partial charge in [-0.15, -0.1) is 0 Å². The first kappa shape index (κ1) is 21.8. The lowest BCUT2D eigenvalue weighted by molar-refractivity contribution is 1.36. The fourth-order valence-corrected chi connectivity index (χ4v) is 5.24. The summed E-state index contributed by atoms with van der Waals surface area (Å²) >= 11 is 3.56. The van der Waals surface area contributed by atoms with Crippen LogP contribution >= 0.6 is 15.9 Å². The van der Waals surface area contributed by atoms with Crippen molar-refractivity contribution in [3.63, 3.8) is 0 Å². The molecule has 3 nitrogen and oxygen atoms in total. The molecule has 3 heterocycles. The van der Waals surface area contributed by atoms with E-state index in [-0.39, 0.29) is 0 Å². The largest absolute Gasteiger partial charge is 0.248 e. The molecule has 0 amide bonds. The number of hydrogen-bond donors (Lipinski definition) is 0. The minimum Gasteiger partial charge on any atom is -0.248 e. The molecule has 7 aromatic rings. The Hall–Kier alpha value is -4.41. The molecular weight excluding hydrogens is 518 g/mol. The Morgan fingerprint density at radius 2 is 1.08 bits per heavy atom. The third-order valence-electron chi connectivity index (χ3n) is 6.70. The van der Waals surface area contributed by atoms with Gasteiger partial charge < -0.3 is 0 Å². The van der Waals surface area contributed by atoms with Gasteiger partial charge in [-0.1, -0.05) is 88.7 Å². The molecule has 0 spiro atoms. The molecule has 0 aliphatic carbocycles. The van der Waals surface area contributed by atoms with Gasteiger partial charge in [0.15, 0.2) is 0 Å². The molecule has 0 bridgehead atoms. The van der Waals surface area contributed by atoms with Crippen molar-refractivity contribution in [1.82, 2.24) is 15.0 Å². The Bertz CT molecular complexity index is 1930. The molecular formula is C33H20BrN3. The Morgan fingerprint density at radius 1 is 0.459 bits per heavy atom. The fourth-order valence-electron chi connectivity index (χ4n) is 4.86. The zero-order valence-electron chi connectivity index (χ0n) is 19.8. The van der Waals surface area contributed by atoms with Gasteiger partial charge >= 0.3 is 0 Å². The molecule has 37 heavy (non-hydrogen) atoms. The topological polar surface area (TPSA) is 38.7 Å². The first-order valence-corrected chi connectivity index (χ1v) is 12.9. The van der Waals surface area contributed by atoms with Crippen LogP contribution in [0.5, 0.6) is 0 Å². The van der Waals surface area contributed by atoms with Crippen LogP contribution in [0.25, 0.3) is 66.5 Å². The molecule has 0 aliphatic rings. The predicted molar refractivity (Wildman–Crippen MR) is 156 cm³/mol. The summed E-state index contributed by atoms with van der Waals surface area (Å²) in [5, 5.41) is 3.17. The maximum Gasteiger partial charge on any atom is 0.0979 e. The number of fused-ring (bicyclic) bond motifs is 4. The highest BCUT2D eigenvalue weighted by molar-refractivity contribution is 9.10. The van der Waals surface area contributed by atoms with E-state index in [4.69, 9.17) is 15.0 Å². The van der Waals surface area contributed by atoms with Gasteiger partial charge in [0.1, 0.15) is 0 Å². The van der Waals surface area contributed by atoms with Gasteiger partial charge in [-0.05, 0) is 48.5 Å². The van der Waals surface area contributed by atoms with E-state index in [0.29, 0.717) is 0 Å². The van der Waals surface area contributed by atoms with E-state index < -0.39 is 0 Å². The van der Waals surface area contributed by atoms with Crippen molar-refractivity contribution in [2.75, 3.05) is 0 Å². The summed E-state index contributed by atoms with van der Waals surface area (Å²) in [6.07, 6.45) is 0. The molecule has 0 N–H and O–H groups in total. The summed E-state index contributed by atoms with van der Waals surface area (Å²) in [5.74, 6) is 0. The summed E-state index contributed by atoms with van der Waals surface area (Å²) in [7, 11) is 0. The molecule has 0 aliphatic heterocycles. The van der Waals surface area contributed by atoms with E-state index in [0.717, 1.165) is 71.0 Å². The molecule has 0 saturated carbocycles. The minimum atomic E-state index is 0.879. The van der Waals surface area contributed by atoms with Crippen LogP contribution < -0.4 is 0 Å². The van der Waals surface area contributed by atoms with Crippen LogP contribution in [0.3, 0.4) is 0 Å². The Kier molecular flexibility index (Phi) is 5.26. The van der Waals surface area contributed by atoms with E-state index in [1.165, 1.54) is 0 Å². The van der Waals surface area contributed by atoms with Crippen LogP contribution in [-0.4, -0.2) is 15.0 Å². The van der Waals surface area contributed by atoms with Gasteiger partial charge in [-0.3, -0.25) is 0 Å². The standard InChI is InChI=1S/C33H20BrN3/c34-25-13-17-30-23(19-25)11-16-31(35-30)27-20-24-12-15-28(21-7-3-1-4-8-21)36-32(24)33-26(27)14-18-29(37-33)22-9-5-2-6-10-22/h1-20H. The second-order valence-corrected chi connectivity index (χ2v) is 9.97. The highest BCUT2D eigenvalue weighted by atomic mass is 79.9. The normalized spacial score (nSPS) is 11.4. The Balaban J connectivity index is 1.51. The average molecular weight is 538 g/mol. The van der Waals surface area contributed by atoms with Crippen LogP contribution in [-0.2, 0) is 0 Å². The summed E-state index contributed by atoms with van der Waals surface area (Å²) < 4.78 is 1.05. The third-order valence-corrected chi connectivity index (χ3v) is 7.20. The first-order chi connectivity index (χ1) is 18.2. The first-order valence-electron chi connectivity index (χ1n) is 12.1. The van der Waals surface area contributed by atoms with Crippen molar-refractivity contribution in [2.24, 2.45) is 0 Å². The number of aromatic nitrogens is 3. The van der Waals surface area contributed by atoms with E-state index >= 15 is 0 Å². The molecule has 4 heteroatoms. The number of nitrogens with zero attached hydrogens (tertiary/aromatic N) is 3. The van der Waals surface area contributed by atoms with E-state index in [2.05, 4.69) is 88.7 Å². The third kappa shape index (κ3) is 3.96. The maximum atomic E-state index is 5.17. The predicted octanol–water partition coefficient (Wildman–Crippen LogP) is 9.09. The van der Waals surface area contributed by atoms with Gasteiger partial charge in [0, 0.05) is 37.3 Å². The summed E-state index contributed by atoms with van der Waals surface area (Å²) in [5.41, 5.74) is 8.72. The van der Waals surface area contributed by atoms with E-state index in [9.17, 15) is 0 Å². The van der Waals surface area contributed by atoms with Crippen LogP contribution in [0.2, 0.25) is 0 Å². The number of benzene rings is 4. The summed E-state index contributed by atoms with van der Waals surface area (Å²) in [4.78, 5) is 15.3. The van der Waals surface area contributed by atoms with Gasteiger partial charge in [0.2, 0.25) is 0 Å². The summed E-state index contributed by atoms with van der Waals surface area (Å²) in [6, 6.07) is 41.6. The minimum absolute atomic E-state index is 0.879. The van der Waals surface area contributed by atoms with Crippen molar-refractivity contribution in [3.8, 4) is 33.8 Å². The molecule has 0 atom stereocenters. The van der Waals surface area contributed by atoms with Gasteiger partial charge in [0.25, 0.3) is 0 Å². The lowest BCUT2D eigenvalue weighted by Crippen LogP contribution is -1.94. The number of rotatable bonds is 3. The zero-order valence-corrected chi connectivity index (χ0v) is 21.4. The molecule has 0 fully saturated rings. The second kappa shape index (κ2) is 8.91. The quantitative estimate of drug-likeness (QED) is 0.211. The van der Waals surface area contributed by atoms with Crippen molar-refractivity contribution < 1.29 is 0 Å². The number of halogens is 1. The molecule has 0 saturated heterocycles. The molecule has 0 radical (unpaired) electrons. The SMILES string of the molecule is Brc1ccc2nc(-c3cc4ccc(-c5ccccc5)nc4c4nc(-c5ccccc5)ccc34)ccc2c1. The highest BCUT2D eigenvalue weighted by Crippen LogP contribution is 2.36. The second-order valence-electron chi connectivity index (χ2n) is 9.05. The molecule has 4 aromatic carbocycles. The lowest BCUT2D eigenvalue weighted by atomic mass is 9.98. The monoisotopic (exact) mass is 537 g/mol. The Labute approximate surface area is 222 Å². The molecule has 7 rings (SSSR count). The Morgan fingerprint density at radius 3 is 1.81 bits per heavy atom. The van der Waals surface area contributed by atoms with Gasteiger partial charge in [-0.2, -0.15) is 0 Å². The van der Waals surface area contributed by atoms with Crippen molar-refractivity contribution >= 4 is 48.6 Å². The highest BCUT2D eigenvalue weighted by Gasteiger charge is 2.15.